The average Bonchev–Trinajstić information content (AvgIpc) is 3.63. The van der Waals surface area contributed by atoms with Gasteiger partial charge in [-0.1, -0.05) is 35.6 Å². The number of hydrogen-bond acceptors (Lipinski definition) is 10. The maximum atomic E-state index is 14.0. The lowest BCUT2D eigenvalue weighted by molar-refractivity contribution is -0.139. The molecule has 0 spiro atoms. The second-order valence-electron chi connectivity index (χ2n) is 10.2. The van der Waals surface area contributed by atoms with Crippen molar-refractivity contribution in [2.45, 2.75) is 33.4 Å². The SMILES string of the molecule is CCOC(=O)C1=C(C)N=c2s/c(=C\c3ccc(OCc4ccc5c(c4)OCO5)cc3)c(=O)n2[C@H]1c1ccc(OC)c(OCC)c1. The van der Waals surface area contributed by atoms with Gasteiger partial charge in [0.15, 0.2) is 27.8 Å². The third kappa shape index (κ3) is 6.03. The van der Waals surface area contributed by atoms with Crippen molar-refractivity contribution in [3.05, 3.63) is 108 Å². The Morgan fingerprint density at radius 2 is 1.80 bits per heavy atom. The zero-order valence-corrected chi connectivity index (χ0v) is 26.1. The van der Waals surface area contributed by atoms with Gasteiger partial charge in [0.2, 0.25) is 6.79 Å². The number of methoxy groups -OCH3 is 1. The van der Waals surface area contributed by atoms with Crippen LogP contribution in [0, 0.1) is 0 Å². The van der Waals surface area contributed by atoms with Crippen LogP contribution in [0.2, 0.25) is 0 Å². The van der Waals surface area contributed by atoms with Crippen molar-refractivity contribution in [2.24, 2.45) is 4.99 Å². The molecule has 11 heteroatoms. The van der Waals surface area contributed by atoms with Gasteiger partial charge in [-0.2, -0.15) is 0 Å². The van der Waals surface area contributed by atoms with Crippen molar-refractivity contribution in [3.63, 3.8) is 0 Å². The minimum absolute atomic E-state index is 0.190. The number of aromatic nitrogens is 1. The van der Waals surface area contributed by atoms with Crippen molar-refractivity contribution in [1.29, 1.82) is 0 Å². The minimum Gasteiger partial charge on any atom is -0.493 e. The largest absolute Gasteiger partial charge is 0.493 e. The number of thiazole rings is 1. The van der Waals surface area contributed by atoms with Crippen LogP contribution >= 0.6 is 11.3 Å². The van der Waals surface area contributed by atoms with Gasteiger partial charge in [-0.25, -0.2) is 9.79 Å². The lowest BCUT2D eigenvalue weighted by Crippen LogP contribution is -2.40. The van der Waals surface area contributed by atoms with Gasteiger partial charge in [-0.3, -0.25) is 9.36 Å². The molecule has 1 aromatic heterocycles. The fourth-order valence-electron chi connectivity index (χ4n) is 5.25. The Bertz CT molecular complexity index is 1960. The summed E-state index contributed by atoms with van der Waals surface area (Å²) in [5.41, 5.74) is 2.97. The molecule has 0 fully saturated rings. The quantitative estimate of drug-likeness (QED) is 0.236. The fourth-order valence-corrected chi connectivity index (χ4v) is 6.29. The molecule has 0 N–H and O–H groups in total. The minimum atomic E-state index is -0.764. The molecule has 0 bridgehead atoms. The van der Waals surface area contributed by atoms with Crippen LogP contribution in [0.25, 0.3) is 6.08 Å². The summed E-state index contributed by atoms with van der Waals surface area (Å²) < 4.78 is 35.5. The van der Waals surface area contributed by atoms with Gasteiger partial charge in [-0.05, 0) is 79.9 Å². The summed E-state index contributed by atoms with van der Waals surface area (Å²) in [6.45, 7) is 6.58. The van der Waals surface area contributed by atoms with E-state index >= 15 is 0 Å². The first-order valence-electron chi connectivity index (χ1n) is 14.5. The van der Waals surface area contributed by atoms with Gasteiger partial charge >= 0.3 is 5.97 Å². The standard InChI is InChI=1S/C34H32N2O8S/c1-5-40-28-17-23(10-14-25(28)39-4)31-30(33(38)41-6-2)20(3)35-34-36(31)32(37)29(45-34)16-21-7-11-24(12-8-21)42-18-22-9-13-26-27(15-22)44-19-43-26/h7-17,31H,5-6,18-19H2,1-4H3/b29-16-/t31-/m0/s1. The summed E-state index contributed by atoms with van der Waals surface area (Å²) in [4.78, 5) is 32.4. The molecule has 0 amide bonds. The Kier molecular flexibility index (Phi) is 8.61. The Balaban J connectivity index is 1.33. The number of benzene rings is 3. The van der Waals surface area contributed by atoms with Crippen molar-refractivity contribution in [3.8, 4) is 28.7 Å². The van der Waals surface area contributed by atoms with E-state index < -0.39 is 12.0 Å². The summed E-state index contributed by atoms with van der Waals surface area (Å²) in [6.07, 6.45) is 1.81. The Labute approximate surface area is 263 Å². The van der Waals surface area contributed by atoms with Gasteiger partial charge in [0.25, 0.3) is 5.56 Å². The van der Waals surface area contributed by atoms with Crippen molar-refractivity contribution in [1.82, 2.24) is 4.57 Å². The van der Waals surface area contributed by atoms with Crippen LogP contribution in [-0.2, 0) is 16.1 Å². The van der Waals surface area contributed by atoms with E-state index in [0.717, 1.165) is 16.9 Å². The number of hydrogen-bond donors (Lipinski definition) is 0. The number of nitrogens with zero attached hydrogens (tertiary/aromatic N) is 2. The summed E-state index contributed by atoms with van der Waals surface area (Å²) in [7, 11) is 1.56. The molecular weight excluding hydrogens is 596 g/mol. The molecule has 232 valence electrons. The van der Waals surface area contributed by atoms with Crippen LogP contribution < -0.4 is 38.6 Å². The van der Waals surface area contributed by atoms with Crippen LogP contribution in [0.15, 0.2) is 81.7 Å². The van der Waals surface area contributed by atoms with Crippen LogP contribution in [0.3, 0.4) is 0 Å². The second-order valence-corrected chi connectivity index (χ2v) is 11.2. The smallest absolute Gasteiger partial charge is 0.338 e. The summed E-state index contributed by atoms with van der Waals surface area (Å²) in [6, 6.07) is 17.8. The molecule has 3 heterocycles. The molecule has 6 rings (SSSR count). The molecule has 0 aliphatic carbocycles. The van der Waals surface area contributed by atoms with E-state index in [1.165, 1.54) is 11.3 Å². The van der Waals surface area contributed by atoms with Gasteiger partial charge in [0.1, 0.15) is 12.4 Å². The topological polar surface area (TPSA) is 107 Å². The molecule has 0 saturated carbocycles. The molecule has 3 aromatic carbocycles. The average molecular weight is 629 g/mol. The summed E-state index contributed by atoms with van der Waals surface area (Å²) in [5.74, 6) is 2.66. The fraction of sp³-hybridized carbons (Fsp3) is 0.265. The number of allylic oxidation sites excluding steroid dienone is 1. The molecule has 10 nitrogen and oxygen atoms in total. The molecule has 0 radical (unpaired) electrons. The Morgan fingerprint density at radius 3 is 2.56 bits per heavy atom. The number of rotatable bonds is 10. The van der Waals surface area contributed by atoms with E-state index in [9.17, 15) is 9.59 Å². The summed E-state index contributed by atoms with van der Waals surface area (Å²) >= 11 is 1.26. The number of fused-ring (bicyclic) bond motifs is 2. The highest BCUT2D eigenvalue weighted by Crippen LogP contribution is 2.36. The first-order chi connectivity index (χ1) is 21.9. The van der Waals surface area contributed by atoms with Crippen LogP contribution in [0.5, 0.6) is 28.7 Å². The molecule has 2 aliphatic rings. The third-order valence-corrected chi connectivity index (χ3v) is 8.32. The van der Waals surface area contributed by atoms with Gasteiger partial charge < -0.3 is 28.4 Å². The van der Waals surface area contributed by atoms with Crippen LogP contribution in [-0.4, -0.2) is 37.7 Å². The first kappa shape index (κ1) is 30.0. The highest BCUT2D eigenvalue weighted by molar-refractivity contribution is 7.07. The second kappa shape index (κ2) is 12.9. The molecule has 1 atom stereocenters. The molecule has 2 aliphatic heterocycles. The third-order valence-electron chi connectivity index (χ3n) is 7.34. The maximum absolute atomic E-state index is 14.0. The zero-order valence-electron chi connectivity index (χ0n) is 25.3. The van der Waals surface area contributed by atoms with E-state index in [0.29, 0.717) is 62.4 Å². The number of carbonyl (C=O) groups is 1. The number of carbonyl (C=O) groups excluding carboxylic acids is 1. The number of esters is 1. The Hall–Kier alpha value is -5.03. The normalized spacial score (nSPS) is 15.4. The predicted octanol–water partition coefficient (Wildman–Crippen LogP) is 4.51. The van der Waals surface area contributed by atoms with E-state index in [4.69, 9.17) is 28.4 Å². The van der Waals surface area contributed by atoms with Gasteiger partial charge in [0, 0.05) is 0 Å². The van der Waals surface area contributed by atoms with Gasteiger partial charge in [0.05, 0.1) is 42.2 Å². The highest BCUT2D eigenvalue weighted by Gasteiger charge is 2.34. The summed E-state index contributed by atoms with van der Waals surface area (Å²) in [5, 5.41) is 0. The van der Waals surface area contributed by atoms with Crippen molar-refractivity contribution >= 4 is 23.4 Å². The van der Waals surface area contributed by atoms with E-state index in [1.54, 1.807) is 37.7 Å². The monoisotopic (exact) mass is 628 g/mol. The molecular formula is C34H32N2O8S. The van der Waals surface area contributed by atoms with Crippen LogP contribution in [0.1, 0.15) is 43.5 Å². The molecule has 45 heavy (non-hydrogen) atoms. The maximum Gasteiger partial charge on any atom is 0.338 e. The first-order valence-corrected chi connectivity index (χ1v) is 15.3. The van der Waals surface area contributed by atoms with E-state index in [-0.39, 0.29) is 19.0 Å². The molecule has 0 unspecified atom stereocenters. The zero-order chi connectivity index (χ0) is 31.5. The van der Waals surface area contributed by atoms with Crippen molar-refractivity contribution < 1.29 is 33.2 Å². The van der Waals surface area contributed by atoms with Crippen molar-refractivity contribution in [2.75, 3.05) is 27.1 Å². The molecule has 4 aromatic rings. The Morgan fingerprint density at radius 1 is 1.00 bits per heavy atom. The lowest BCUT2D eigenvalue weighted by atomic mass is 9.95. The number of ether oxygens (including phenoxy) is 6. The predicted molar refractivity (Wildman–Crippen MR) is 168 cm³/mol. The van der Waals surface area contributed by atoms with E-state index in [1.807, 2.05) is 61.5 Å². The highest BCUT2D eigenvalue weighted by atomic mass is 32.1. The van der Waals surface area contributed by atoms with Crippen LogP contribution in [0.4, 0.5) is 0 Å². The lowest BCUT2D eigenvalue weighted by Gasteiger charge is -2.25. The van der Waals surface area contributed by atoms with E-state index in [2.05, 4.69) is 4.99 Å². The van der Waals surface area contributed by atoms with Gasteiger partial charge in [-0.15, -0.1) is 0 Å². The molecule has 0 saturated heterocycles.